The van der Waals surface area contributed by atoms with Gasteiger partial charge in [-0.25, -0.2) is 0 Å². The molecule has 0 aliphatic rings. The highest BCUT2D eigenvalue weighted by atomic mass is 16.6. The minimum absolute atomic E-state index is 0.0105. The van der Waals surface area contributed by atoms with E-state index in [1.54, 1.807) is 19.9 Å². The van der Waals surface area contributed by atoms with Crippen LogP contribution in [0.1, 0.15) is 24.6 Å². The van der Waals surface area contributed by atoms with Gasteiger partial charge in [-0.2, -0.15) is 0 Å². The van der Waals surface area contributed by atoms with Crippen molar-refractivity contribution in [1.29, 1.82) is 0 Å². The Bertz CT molecular complexity index is 402. The molecule has 0 saturated carbocycles. The molecule has 0 bridgehead atoms. The van der Waals surface area contributed by atoms with Crippen molar-refractivity contribution in [2.24, 2.45) is 0 Å². The fourth-order valence-corrected chi connectivity index (χ4v) is 1.25. The highest BCUT2D eigenvalue weighted by molar-refractivity contribution is 5.81. The lowest BCUT2D eigenvalue weighted by Gasteiger charge is -2.01. The molecule has 1 aromatic heterocycles. The van der Waals surface area contributed by atoms with Crippen molar-refractivity contribution in [2.45, 2.75) is 26.7 Å². The molecular formula is C10H12N2O3. The Labute approximate surface area is 87.3 Å². The van der Waals surface area contributed by atoms with Crippen LogP contribution < -0.4 is 0 Å². The highest BCUT2D eigenvalue weighted by Gasteiger charge is 2.16. The molecule has 0 atom stereocenters. The number of nitrogens with zero attached hydrogens (tertiary/aromatic N) is 2. The topological polar surface area (TPSA) is 73.1 Å². The number of aromatic nitrogens is 1. The Morgan fingerprint density at radius 2 is 2.27 bits per heavy atom. The number of hydrogen-bond acceptors (Lipinski definition) is 4. The van der Waals surface area contributed by atoms with Crippen LogP contribution in [-0.4, -0.2) is 15.7 Å². The second-order valence-electron chi connectivity index (χ2n) is 3.28. The molecule has 1 aromatic rings. The van der Waals surface area contributed by atoms with Gasteiger partial charge in [0.2, 0.25) is 0 Å². The first-order valence-corrected chi connectivity index (χ1v) is 4.66. The van der Waals surface area contributed by atoms with Gasteiger partial charge in [-0.1, -0.05) is 6.92 Å². The lowest BCUT2D eigenvalue weighted by atomic mass is 10.1. The van der Waals surface area contributed by atoms with Gasteiger partial charge in [-0.05, 0) is 13.0 Å². The van der Waals surface area contributed by atoms with Crippen molar-refractivity contribution in [3.8, 4) is 0 Å². The Hall–Kier alpha value is -1.78. The van der Waals surface area contributed by atoms with Crippen molar-refractivity contribution < 1.29 is 9.72 Å². The van der Waals surface area contributed by atoms with Gasteiger partial charge in [0.15, 0.2) is 0 Å². The maximum Gasteiger partial charge on any atom is 0.291 e. The monoisotopic (exact) mass is 208 g/mol. The Kier molecular flexibility index (Phi) is 3.49. The van der Waals surface area contributed by atoms with Crippen LogP contribution in [0.5, 0.6) is 0 Å². The van der Waals surface area contributed by atoms with Gasteiger partial charge in [0.25, 0.3) is 5.69 Å². The van der Waals surface area contributed by atoms with Gasteiger partial charge in [-0.3, -0.25) is 19.9 Å². The van der Waals surface area contributed by atoms with Gasteiger partial charge in [0, 0.05) is 24.1 Å². The third kappa shape index (κ3) is 2.83. The number of nitro groups is 1. The van der Waals surface area contributed by atoms with E-state index in [1.165, 1.54) is 6.20 Å². The normalized spacial score (nSPS) is 10.0. The molecule has 5 nitrogen and oxygen atoms in total. The van der Waals surface area contributed by atoms with Crippen molar-refractivity contribution in [2.75, 3.05) is 0 Å². The van der Waals surface area contributed by atoms with Gasteiger partial charge in [-0.15, -0.1) is 0 Å². The van der Waals surface area contributed by atoms with E-state index < -0.39 is 4.92 Å². The van der Waals surface area contributed by atoms with E-state index in [4.69, 9.17) is 0 Å². The molecule has 0 spiro atoms. The Morgan fingerprint density at radius 1 is 1.60 bits per heavy atom. The van der Waals surface area contributed by atoms with Gasteiger partial charge < -0.3 is 0 Å². The third-order valence-corrected chi connectivity index (χ3v) is 2.08. The second kappa shape index (κ2) is 4.63. The zero-order valence-electron chi connectivity index (χ0n) is 8.69. The lowest BCUT2D eigenvalue weighted by molar-refractivity contribution is -0.385. The van der Waals surface area contributed by atoms with E-state index in [1.807, 2.05) is 0 Å². The second-order valence-corrected chi connectivity index (χ2v) is 3.28. The van der Waals surface area contributed by atoms with E-state index in [0.29, 0.717) is 17.7 Å². The molecule has 80 valence electrons. The number of carbonyl (C=O) groups is 1. The number of aryl methyl sites for hydroxylation is 1. The maximum absolute atomic E-state index is 11.2. The first kappa shape index (κ1) is 11.3. The minimum atomic E-state index is -0.509. The summed E-state index contributed by atoms with van der Waals surface area (Å²) in [4.78, 5) is 25.2. The van der Waals surface area contributed by atoms with Crippen molar-refractivity contribution in [3.05, 3.63) is 33.6 Å². The quantitative estimate of drug-likeness (QED) is 0.558. The van der Waals surface area contributed by atoms with Crippen LogP contribution in [0.25, 0.3) is 0 Å². The fraction of sp³-hybridized carbons (Fsp3) is 0.400. The smallest absolute Gasteiger partial charge is 0.291 e. The molecule has 0 fully saturated rings. The number of Topliss-reactive ketones (excluding diaryl/α,β-unsaturated/α-hetero) is 1. The summed E-state index contributed by atoms with van der Waals surface area (Å²) >= 11 is 0. The molecule has 0 unspecified atom stereocenters. The van der Waals surface area contributed by atoms with E-state index in [-0.39, 0.29) is 17.9 Å². The largest absolute Gasteiger partial charge is 0.299 e. The molecule has 5 heteroatoms. The van der Waals surface area contributed by atoms with Crippen molar-refractivity contribution in [3.63, 3.8) is 0 Å². The molecule has 0 radical (unpaired) electrons. The minimum Gasteiger partial charge on any atom is -0.299 e. The van der Waals surface area contributed by atoms with Crippen molar-refractivity contribution in [1.82, 2.24) is 4.98 Å². The molecule has 0 saturated heterocycles. The first-order valence-electron chi connectivity index (χ1n) is 4.66. The number of pyridine rings is 1. The average molecular weight is 208 g/mol. The van der Waals surface area contributed by atoms with Crippen LogP contribution in [0.2, 0.25) is 0 Å². The van der Waals surface area contributed by atoms with Crippen LogP contribution in [0.3, 0.4) is 0 Å². The summed E-state index contributed by atoms with van der Waals surface area (Å²) in [5.74, 6) is -0.0105. The summed E-state index contributed by atoms with van der Waals surface area (Å²) in [5, 5.41) is 10.7. The molecule has 1 rings (SSSR count). The SMILES string of the molecule is CCC(=O)Cc1cc(C)ncc1[N+](=O)[O-]. The molecule has 0 aromatic carbocycles. The first-order chi connectivity index (χ1) is 7.04. The number of ketones is 1. The molecule has 0 N–H and O–H groups in total. The fourth-order valence-electron chi connectivity index (χ4n) is 1.25. The van der Waals surface area contributed by atoms with E-state index >= 15 is 0 Å². The van der Waals surface area contributed by atoms with E-state index in [0.717, 1.165) is 0 Å². The third-order valence-electron chi connectivity index (χ3n) is 2.08. The Morgan fingerprint density at radius 3 is 2.80 bits per heavy atom. The van der Waals surface area contributed by atoms with E-state index in [2.05, 4.69) is 4.98 Å². The molecule has 0 aliphatic carbocycles. The van der Waals surface area contributed by atoms with E-state index in [9.17, 15) is 14.9 Å². The summed E-state index contributed by atoms with van der Waals surface area (Å²) in [5.41, 5.74) is 1.04. The number of rotatable bonds is 4. The van der Waals surface area contributed by atoms with Crippen LogP contribution >= 0.6 is 0 Å². The summed E-state index contributed by atoms with van der Waals surface area (Å²) in [6, 6.07) is 1.59. The summed E-state index contributed by atoms with van der Waals surface area (Å²) in [7, 11) is 0. The predicted molar refractivity (Wildman–Crippen MR) is 54.6 cm³/mol. The molecule has 1 heterocycles. The zero-order chi connectivity index (χ0) is 11.4. The van der Waals surface area contributed by atoms with Crippen LogP contribution in [0.4, 0.5) is 5.69 Å². The summed E-state index contributed by atoms with van der Waals surface area (Å²) in [6.45, 7) is 3.48. The van der Waals surface area contributed by atoms with Crippen LogP contribution in [0.15, 0.2) is 12.3 Å². The summed E-state index contributed by atoms with van der Waals surface area (Å²) < 4.78 is 0. The zero-order valence-corrected chi connectivity index (χ0v) is 8.69. The standard InChI is InChI=1S/C10H12N2O3/c1-3-9(13)5-8-4-7(2)11-6-10(8)12(14)15/h4,6H,3,5H2,1-2H3. The molecule has 15 heavy (non-hydrogen) atoms. The number of hydrogen-bond donors (Lipinski definition) is 0. The van der Waals surface area contributed by atoms with Gasteiger partial charge >= 0.3 is 0 Å². The molecule has 0 amide bonds. The van der Waals surface area contributed by atoms with Crippen LogP contribution in [-0.2, 0) is 11.2 Å². The number of carbonyl (C=O) groups excluding carboxylic acids is 1. The van der Waals surface area contributed by atoms with Gasteiger partial charge in [0.05, 0.1) is 4.92 Å². The Balaban J connectivity index is 3.07. The average Bonchev–Trinajstić information content (AvgIpc) is 2.17. The molecule has 0 aliphatic heterocycles. The molecular weight excluding hydrogens is 196 g/mol. The van der Waals surface area contributed by atoms with Crippen molar-refractivity contribution >= 4 is 11.5 Å². The maximum atomic E-state index is 11.2. The summed E-state index contributed by atoms with van der Waals surface area (Å²) in [6.07, 6.45) is 1.70. The lowest BCUT2D eigenvalue weighted by Crippen LogP contribution is -2.05. The van der Waals surface area contributed by atoms with Crippen LogP contribution in [0, 0.1) is 17.0 Å². The predicted octanol–water partition coefficient (Wildman–Crippen LogP) is 1.82. The van der Waals surface area contributed by atoms with Gasteiger partial charge in [0.1, 0.15) is 12.0 Å². The highest BCUT2D eigenvalue weighted by Crippen LogP contribution is 2.18.